The number of aromatic hydroxyl groups is 3. The summed E-state index contributed by atoms with van der Waals surface area (Å²) in [5, 5.41) is 28.8. The molecule has 1 amide bonds. The molecule has 0 bridgehead atoms. The van der Waals surface area contributed by atoms with Crippen LogP contribution in [0.4, 0.5) is 5.69 Å². The lowest BCUT2D eigenvalue weighted by Gasteiger charge is -2.17. The van der Waals surface area contributed by atoms with Gasteiger partial charge in [-0.25, -0.2) is 4.98 Å². The molecule has 0 unspecified atom stereocenters. The largest absolute Gasteiger partial charge is 0.504 e. The fourth-order valence-electron chi connectivity index (χ4n) is 2.88. The molecule has 0 saturated heterocycles. The third-order valence-electron chi connectivity index (χ3n) is 4.41. The lowest BCUT2D eigenvalue weighted by Crippen LogP contribution is -2.26. The monoisotopic (exact) mass is 376 g/mol. The molecule has 0 aliphatic carbocycles. The first-order chi connectivity index (χ1) is 13.4. The number of phenolic OH excluding ortho intramolecular Hbond substituents is 3. The molecule has 4 N–H and O–H groups in total. The second kappa shape index (κ2) is 6.58. The van der Waals surface area contributed by atoms with Crippen LogP contribution in [0.2, 0.25) is 0 Å². The van der Waals surface area contributed by atoms with Crippen molar-refractivity contribution in [2.24, 2.45) is 0 Å². The summed E-state index contributed by atoms with van der Waals surface area (Å²) in [6.45, 7) is 0. The maximum atomic E-state index is 12.8. The maximum absolute atomic E-state index is 12.8. The van der Waals surface area contributed by atoms with Crippen molar-refractivity contribution in [2.75, 3.05) is 11.9 Å². The van der Waals surface area contributed by atoms with E-state index in [1.54, 1.807) is 18.5 Å². The molecule has 8 nitrogen and oxygen atoms in total. The number of aromatic amines is 1. The Morgan fingerprint density at radius 3 is 2.50 bits per heavy atom. The van der Waals surface area contributed by atoms with Gasteiger partial charge >= 0.3 is 0 Å². The average molecular weight is 376 g/mol. The van der Waals surface area contributed by atoms with Crippen LogP contribution >= 0.6 is 0 Å². The molecular formula is C20H16N4O4. The minimum absolute atomic E-state index is 0.223. The van der Waals surface area contributed by atoms with Gasteiger partial charge < -0.3 is 25.2 Å². The van der Waals surface area contributed by atoms with Gasteiger partial charge in [-0.1, -0.05) is 0 Å². The first kappa shape index (κ1) is 17.3. The molecule has 8 heteroatoms. The van der Waals surface area contributed by atoms with E-state index in [9.17, 15) is 20.1 Å². The van der Waals surface area contributed by atoms with Gasteiger partial charge in [0.15, 0.2) is 17.2 Å². The highest BCUT2D eigenvalue weighted by Crippen LogP contribution is 2.38. The van der Waals surface area contributed by atoms with Crippen LogP contribution in [0.25, 0.3) is 22.3 Å². The standard InChI is InChI=1S/C20H16N4O4/c1-24(12-7-17(25)19(27)18(26)8-12)20(28)16-9-15-14(23-16)5-4-13(22-15)11-3-2-6-21-10-11/h2-10,23,25-27H,1H3. The minimum atomic E-state index is -0.637. The van der Waals surface area contributed by atoms with Crippen LogP contribution in [0.1, 0.15) is 10.5 Å². The summed E-state index contributed by atoms with van der Waals surface area (Å²) < 4.78 is 0. The van der Waals surface area contributed by atoms with Crippen molar-refractivity contribution < 1.29 is 20.1 Å². The molecule has 1 aromatic carbocycles. The zero-order valence-corrected chi connectivity index (χ0v) is 14.8. The summed E-state index contributed by atoms with van der Waals surface area (Å²) in [4.78, 5) is 25.7. The summed E-state index contributed by atoms with van der Waals surface area (Å²) in [6, 6.07) is 11.4. The second-order valence-electron chi connectivity index (χ2n) is 6.25. The van der Waals surface area contributed by atoms with E-state index in [-0.39, 0.29) is 5.69 Å². The molecule has 4 rings (SSSR count). The Kier molecular flexibility index (Phi) is 4.08. The number of benzene rings is 1. The predicted octanol–water partition coefficient (Wildman–Crippen LogP) is 3.02. The van der Waals surface area contributed by atoms with Gasteiger partial charge in [0, 0.05) is 37.1 Å². The smallest absolute Gasteiger partial charge is 0.274 e. The van der Waals surface area contributed by atoms with Crippen LogP contribution in [0, 0.1) is 0 Å². The zero-order valence-electron chi connectivity index (χ0n) is 14.8. The highest BCUT2D eigenvalue weighted by molar-refractivity contribution is 6.07. The second-order valence-corrected chi connectivity index (χ2v) is 6.25. The van der Waals surface area contributed by atoms with E-state index in [1.165, 1.54) is 24.1 Å². The van der Waals surface area contributed by atoms with Crippen LogP contribution in [0.15, 0.2) is 54.9 Å². The molecule has 3 heterocycles. The van der Waals surface area contributed by atoms with Crippen LogP contribution in [-0.2, 0) is 0 Å². The van der Waals surface area contributed by atoms with Gasteiger partial charge in [0.05, 0.1) is 22.4 Å². The van der Waals surface area contributed by atoms with Gasteiger partial charge in [0.2, 0.25) is 0 Å². The lowest BCUT2D eigenvalue weighted by atomic mass is 10.2. The van der Waals surface area contributed by atoms with Crippen LogP contribution in [0.5, 0.6) is 17.2 Å². The lowest BCUT2D eigenvalue weighted by molar-refractivity contribution is 0.0989. The number of fused-ring (bicyclic) bond motifs is 1. The number of pyridine rings is 2. The average Bonchev–Trinajstić information content (AvgIpc) is 3.14. The molecular weight excluding hydrogens is 360 g/mol. The Morgan fingerprint density at radius 2 is 1.82 bits per heavy atom. The molecule has 0 fully saturated rings. The van der Waals surface area contributed by atoms with Gasteiger partial charge in [0.25, 0.3) is 5.91 Å². The van der Waals surface area contributed by atoms with E-state index in [1.807, 2.05) is 24.3 Å². The molecule has 4 aromatic rings. The highest BCUT2D eigenvalue weighted by Gasteiger charge is 2.19. The van der Waals surface area contributed by atoms with Gasteiger partial charge in [-0.15, -0.1) is 0 Å². The van der Waals surface area contributed by atoms with Crippen molar-refractivity contribution >= 4 is 22.6 Å². The Morgan fingerprint density at radius 1 is 1.07 bits per heavy atom. The highest BCUT2D eigenvalue weighted by atomic mass is 16.3. The number of H-pyrrole nitrogens is 1. The maximum Gasteiger partial charge on any atom is 0.274 e. The van der Waals surface area contributed by atoms with Crippen LogP contribution in [0.3, 0.4) is 0 Å². The van der Waals surface area contributed by atoms with Gasteiger partial charge in [-0.3, -0.25) is 9.78 Å². The normalized spacial score (nSPS) is 10.9. The van der Waals surface area contributed by atoms with Gasteiger partial charge in [0.1, 0.15) is 5.69 Å². The molecule has 28 heavy (non-hydrogen) atoms. The topological polar surface area (TPSA) is 123 Å². The van der Waals surface area contributed by atoms with E-state index >= 15 is 0 Å². The van der Waals surface area contributed by atoms with E-state index in [4.69, 9.17) is 0 Å². The quantitative estimate of drug-likeness (QED) is 0.408. The number of aromatic nitrogens is 3. The molecule has 0 aliphatic heterocycles. The van der Waals surface area contributed by atoms with Crippen molar-refractivity contribution in [3.8, 4) is 28.5 Å². The number of rotatable bonds is 3. The number of nitrogens with zero attached hydrogens (tertiary/aromatic N) is 3. The number of amides is 1. The summed E-state index contributed by atoms with van der Waals surface area (Å²) in [5.74, 6) is -2.07. The molecule has 0 radical (unpaired) electrons. The number of phenols is 3. The summed E-state index contributed by atoms with van der Waals surface area (Å²) >= 11 is 0. The third-order valence-corrected chi connectivity index (χ3v) is 4.41. The van der Waals surface area contributed by atoms with Gasteiger partial charge in [-0.05, 0) is 30.3 Å². The summed E-state index contributed by atoms with van der Waals surface area (Å²) in [7, 11) is 1.49. The first-order valence-corrected chi connectivity index (χ1v) is 8.37. The van der Waals surface area contributed by atoms with Crippen LogP contribution in [-0.4, -0.2) is 43.2 Å². The Bertz CT molecular complexity index is 1160. The third kappa shape index (κ3) is 2.96. The van der Waals surface area contributed by atoms with Gasteiger partial charge in [-0.2, -0.15) is 0 Å². The zero-order chi connectivity index (χ0) is 19.8. The molecule has 0 spiro atoms. The molecule has 0 aliphatic rings. The van der Waals surface area contributed by atoms with E-state index in [0.29, 0.717) is 16.7 Å². The Labute approximate surface area is 159 Å². The number of nitrogens with one attached hydrogen (secondary N) is 1. The number of carbonyl (C=O) groups excluding carboxylic acids is 1. The number of anilines is 1. The summed E-state index contributed by atoms with van der Waals surface area (Å²) in [5.41, 5.74) is 3.43. The Balaban J connectivity index is 1.68. The predicted molar refractivity (Wildman–Crippen MR) is 103 cm³/mol. The molecule has 0 saturated carbocycles. The van der Waals surface area contributed by atoms with Crippen molar-refractivity contribution in [3.05, 3.63) is 60.6 Å². The summed E-state index contributed by atoms with van der Waals surface area (Å²) in [6.07, 6.45) is 3.40. The van der Waals surface area contributed by atoms with Crippen molar-refractivity contribution in [1.82, 2.24) is 15.0 Å². The fraction of sp³-hybridized carbons (Fsp3) is 0.0500. The van der Waals surface area contributed by atoms with E-state index in [0.717, 1.165) is 11.3 Å². The fourth-order valence-corrected chi connectivity index (χ4v) is 2.88. The first-order valence-electron chi connectivity index (χ1n) is 8.37. The minimum Gasteiger partial charge on any atom is -0.504 e. The number of carbonyl (C=O) groups is 1. The van der Waals surface area contributed by atoms with E-state index in [2.05, 4.69) is 15.0 Å². The van der Waals surface area contributed by atoms with Crippen molar-refractivity contribution in [1.29, 1.82) is 0 Å². The number of hydrogen-bond acceptors (Lipinski definition) is 6. The molecule has 0 atom stereocenters. The molecule has 140 valence electrons. The van der Waals surface area contributed by atoms with Crippen LogP contribution < -0.4 is 4.90 Å². The SMILES string of the molecule is CN(C(=O)c1cc2nc(-c3cccnc3)ccc2[nH]1)c1cc(O)c(O)c(O)c1. The van der Waals surface area contributed by atoms with Crippen molar-refractivity contribution in [3.63, 3.8) is 0 Å². The number of hydrogen-bond donors (Lipinski definition) is 4. The van der Waals surface area contributed by atoms with E-state index < -0.39 is 23.2 Å². The molecule has 3 aromatic heterocycles. The Hall–Kier alpha value is -4.07. The van der Waals surface area contributed by atoms with Crippen molar-refractivity contribution in [2.45, 2.75) is 0 Å².